The molecule has 0 bridgehead atoms. The van der Waals surface area contributed by atoms with Crippen LogP contribution < -0.4 is 5.73 Å². The molecule has 1 atom stereocenters. The summed E-state index contributed by atoms with van der Waals surface area (Å²) < 4.78 is 14.7. The van der Waals surface area contributed by atoms with Crippen LogP contribution in [-0.4, -0.2) is 32.3 Å². The minimum Gasteiger partial charge on any atom is -0.481 e. The van der Waals surface area contributed by atoms with Crippen molar-refractivity contribution < 1.29 is 19.1 Å². The molecule has 0 saturated heterocycles. The van der Waals surface area contributed by atoms with Crippen LogP contribution in [0.25, 0.3) is 11.0 Å². The number of halogens is 1. The Morgan fingerprint density at radius 2 is 2.25 bits per heavy atom. The molecule has 0 aliphatic heterocycles. The number of carbonyl (C=O) groups is 2. The first-order chi connectivity index (χ1) is 9.40. The zero-order valence-corrected chi connectivity index (χ0v) is 11.4. The van der Waals surface area contributed by atoms with Gasteiger partial charge in [-0.25, -0.2) is 9.37 Å². The van der Waals surface area contributed by atoms with Crippen LogP contribution in [0.3, 0.4) is 0 Å². The number of aromatic nitrogens is 2. The molecule has 0 aliphatic carbocycles. The molecule has 2 rings (SSSR count). The normalized spacial score (nSPS) is 12.5. The van der Waals surface area contributed by atoms with Crippen LogP contribution >= 0.6 is 11.8 Å². The minimum atomic E-state index is -1.01. The molecule has 0 aliphatic rings. The summed E-state index contributed by atoms with van der Waals surface area (Å²) in [5, 5.41) is 9.04. The second-order valence-corrected chi connectivity index (χ2v) is 5.10. The number of hydrogen-bond acceptors (Lipinski definition) is 4. The lowest BCUT2D eigenvalue weighted by Crippen LogP contribution is -2.24. The van der Waals surface area contributed by atoms with Crippen molar-refractivity contribution in [1.29, 1.82) is 0 Å². The fraction of sp³-hybridized carbons (Fsp3) is 0.250. The third-order valence-corrected chi connectivity index (χ3v) is 3.68. The lowest BCUT2D eigenvalue weighted by Gasteiger charge is -2.13. The van der Waals surface area contributed by atoms with Gasteiger partial charge in [-0.05, 0) is 19.1 Å². The molecule has 1 aromatic heterocycles. The number of aliphatic carboxylic acids is 1. The predicted molar refractivity (Wildman–Crippen MR) is 72.0 cm³/mol. The highest BCUT2D eigenvalue weighted by Gasteiger charge is 2.20. The number of nitrogens with zero attached hydrogens (tertiary/aromatic N) is 2. The highest BCUT2D eigenvalue weighted by Crippen LogP contribution is 2.28. The average molecular weight is 297 g/mol. The molecule has 3 N–H and O–H groups in total. The lowest BCUT2D eigenvalue weighted by molar-refractivity contribution is -0.133. The number of rotatable bonds is 5. The molecule has 0 spiro atoms. The van der Waals surface area contributed by atoms with Crippen LogP contribution in [0.1, 0.15) is 13.0 Å². The first-order valence-corrected chi connectivity index (χ1v) is 6.70. The fourth-order valence-corrected chi connectivity index (χ4v) is 2.59. The smallest absolute Gasteiger partial charge is 0.313 e. The molecule has 0 radical (unpaired) electrons. The van der Waals surface area contributed by atoms with Crippen molar-refractivity contribution in [2.45, 2.75) is 18.1 Å². The van der Waals surface area contributed by atoms with Gasteiger partial charge >= 0.3 is 5.97 Å². The number of carboxylic acid groups (broad SMARTS) is 1. The molecule has 1 amide bonds. The zero-order valence-electron chi connectivity index (χ0n) is 10.5. The Labute approximate surface area is 117 Å². The number of hydrogen-bond donors (Lipinski definition) is 2. The molecule has 8 heteroatoms. The summed E-state index contributed by atoms with van der Waals surface area (Å²) in [6.45, 7) is 1.58. The maximum atomic E-state index is 13.2. The second-order valence-electron chi connectivity index (χ2n) is 4.16. The Balaban J connectivity index is 2.56. The molecule has 106 valence electrons. The molecule has 2 aromatic rings. The summed E-state index contributed by atoms with van der Waals surface area (Å²) in [6, 6.07) is 3.26. The van der Waals surface area contributed by atoms with Crippen molar-refractivity contribution in [3.8, 4) is 0 Å². The van der Waals surface area contributed by atoms with Crippen molar-refractivity contribution in [2.75, 3.05) is 5.75 Å². The highest BCUT2D eigenvalue weighted by molar-refractivity contribution is 7.99. The quantitative estimate of drug-likeness (QED) is 0.813. The van der Waals surface area contributed by atoms with Gasteiger partial charge in [0.15, 0.2) is 5.16 Å². The number of fused-ring (bicyclic) bond motifs is 1. The van der Waals surface area contributed by atoms with Crippen molar-refractivity contribution in [2.24, 2.45) is 5.73 Å². The van der Waals surface area contributed by atoms with Gasteiger partial charge in [0, 0.05) is 6.07 Å². The fourth-order valence-electron chi connectivity index (χ4n) is 1.78. The van der Waals surface area contributed by atoms with Gasteiger partial charge in [-0.3, -0.25) is 9.59 Å². The minimum absolute atomic E-state index is 0.211. The van der Waals surface area contributed by atoms with E-state index in [0.717, 1.165) is 11.8 Å². The van der Waals surface area contributed by atoms with Crippen LogP contribution in [0.15, 0.2) is 23.4 Å². The predicted octanol–water partition coefficient (Wildman–Crippen LogP) is 1.40. The molecule has 0 saturated carbocycles. The van der Waals surface area contributed by atoms with E-state index in [2.05, 4.69) is 4.98 Å². The molecule has 6 nitrogen and oxygen atoms in total. The lowest BCUT2D eigenvalue weighted by atomic mass is 10.2. The van der Waals surface area contributed by atoms with Crippen LogP contribution in [0, 0.1) is 5.82 Å². The molecule has 0 fully saturated rings. The summed E-state index contributed by atoms with van der Waals surface area (Å²) in [5.41, 5.74) is 6.17. The van der Waals surface area contributed by atoms with Gasteiger partial charge in [0.25, 0.3) is 0 Å². The van der Waals surface area contributed by atoms with Gasteiger partial charge < -0.3 is 15.4 Å². The third kappa shape index (κ3) is 2.74. The number of thioether (sulfide) groups is 1. The van der Waals surface area contributed by atoms with Crippen LogP contribution in [0.4, 0.5) is 4.39 Å². The van der Waals surface area contributed by atoms with Gasteiger partial charge in [0.05, 0.1) is 16.8 Å². The first kappa shape index (κ1) is 14.3. The van der Waals surface area contributed by atoms with E-state index in [0.29, 0.717) is 16.2 Å². The first-order valence-electron chi connectivity index (χ1n) is 5.71. The number of carboxylic acids is 1. The van der Waals surface area contributed by atoms with E-state index in [1.165, 1.54) is 22.8 Å². The van der Waals surface area contributed by atoms with Crippen molar-refractivity contribution in [3.05, 3.63) is 24.0 Å². The molecular weight excluding hydrogens is 285 g/mol. The SMILES string of the molecule is CC(C(N)=O)n1c(SCC(=O)O)nc2cc(F)ccc21. The average Bonchev–Trinajstić information content (AvgIpc) is 2.72. The van der Waals surface area contributed by atoms with Crippen molar-refractivity contribution in [3.63, 3.8) is 0 Å². The number of primary amides is 1. The van der Waals surface area contributed by atoms with Crippen LogP contribution in [0.5, 0.6) is 0 Å². The number of carbonyl (C=O) groups excluding carboxylic acids is 1. The summed E-state index contributed by atoms with van der Waals surface area (Å²) in [4.78, 5) is 26.2. The highest BCUT2D eigenvalue weighted by atomic mass is 32.2. The van der Waals surface area contributed by atoms with E-state index in [4.69, 9.17) is 10.8 Å². The van der Waals surface area contributed by atoms with Gasteiger partial charge in [-0.1, -0.05) is 11.8 Å². The molecule has 1 heterocycles. The molecular formula is C12H12FN3O3S. The van der Waals surface area contributed by atoms with Gasteiger partial charge in [-0.15, -0.1) is 0 Å². The monoisotopic (exact) mass is 297 g/mol. The summed E-state index contributed by atoms with van der Waals surface area (Å²) in [5.74, 6) is -2.25. The summed E-state index contributed by atoms with van der Waals surface area (Å²) >= 11 is 0.955. The number of benzene rings is 1. The largest absolute Gasteiger partial charge is 0.481 e. The maximum Gasteiger partial charge on any atom is 0.313 e. The van der Waals surface area contributed by atoms with Crippen molar-refractivity contribution in [1.82, 2.24) is 9.55 Å². The second kappa shape index (κ2) is 5.49. The Morgan fingerprint density at radius 3 is 2.85 bits per heavy atom. The number of nitrogens with two attached hydrogens (primary N) is 1. The standard InChI is InChI=1S/C12H12FN3O3S/c1-6(11(14)19)16-9-3-2-7(13)4-8(9)15-12(16)20-5-10(17)18/h2-4,6H,5H2,1H3,(H2,14,19)(H,17,18). The van der Waals surface area contributed by atoms with Crippen LogP contribution in [-0.2, 0) is 9.59 Å². The number of imidazole rings is 1. The Kier molecular flexibility index (Phi) is 3.93. The molecule has 20 heavy (non-hydrogen) atoms. The number of amides is 1. The molecule has 1 aromatic carbocycles. The van der Waals surface area contributed by atoms with Crippen molar-refractivity contribution >= 4 is 34.7 Å². The Bertz CT molecular complexity index is 686. The maximum absolute atomic E-state index is 13.2. The van der Waals surface area contributed by atoms with E-state index in [9.17, 15) is 14.0 Å². The summed E-state index contributed by atoms with van der Waals surface area (Å²) in [7, 11) is 0. The zero-order chi connectivity index (χ0) is 14.9. The third-order valence-electron chi connectivity index (χ3n) is 2.74. The van der Waals surface area contributed by atoms with Gasteiger partial charge in [0.2, 0.25) is 5.91 Å². The van der Waals surface area contributed by atoms with Gasteiger partial charge in [0.1, 0.15) is 11.9 Å². The molecule has 1 unspecified atom stereocenters. The van der Waals surface area contributed by atoms with Gasteiger partial charge in [-0.2, -0.15) is 0 Å². The Hall–Kier alpha value is -2.09. The van der Waals surface area contributed by atoms with E-state index in [1.807, 2.05) is 0 Å². The van der Waals surface area contributed by atoms with E-state index in [1.54, 1.807) is 6.92 Å². The summed E-state index contributed by atoms with van der Waals surface area (Å²) in [6.07, 6.45) is 0. The Morgan fingerprint density at radius 1 is 1.55 bits per heavy atom. The van der Waals surface area contributed by atoms with E-state index >= 15 is 0 Å². The van der Waals surface area contributed by atoms with E-state index < -0.39 is 23.7 Å². The topological polar surface area (TPSA) is 98.2 Å². The van der Waals surface area contributed by atoms with Crippen LogP contribution in [0.2, 0.25) is 0 Å². The van der Waals surface area contributed by atoms with E-state index in [-0.39, 0.29) is 5.75 Å².